The van der Waals surface area contributed by atoms with Crippen molar-refractivity contribution in [1.29, 1.82) is 0 Å². The van der Waals surface area contributed by atoms with E-state index in [1.54, 1.807) is 0 Å². The Hall–Kier alpha value is -1.83. The van der Waals surface area contributed by atoms with Gasteiger partial charge in [-0.1, -0.05) is 13.8 Å². The van der Waals surface area contributed by atoms with Gasteiger partial charge in [0.05, 0.1) is 13.7 Å². The number of carbonyl (C=O) groups is 3. The Morgan fingerprint density at radius 1 is 1.35 bits per heavy atom. The van der Waals surface area contributed by atoms with Crippen molar-refractivity contribution in [2.24, 2.45) is 5.92 Å². The van der Waals surface area contributed by atoms with Crippen LogP contribution in [0.1, 0.15) is 33.1 Å². The van der Waals surface area contributed by atoms with Gasteiger partial charge in [0, 0.05) is 19.1 Å². The highest BCUT2D eigenvalue weighted by atomic mass is 16.5. The van der Waals surface area contributed by atoms with Gasteiger partial charge in [-0.15, -0.1) is 0 Å². The molecule has 2 atom stereocenters. The van der Waals surface area contributed by atoms with Gasteiger partial charge in [-0.05, 0) is 25.2 Å². The second-order valence-electron chi connectivity index (χ2n) is 6.18. The fourth-order valence-corrected chi connectivity index (χ4v) is 2.75. The third kappa shape index (κ3) is 6.43. The first-order valence-electron chi connectivity index (χ1n) is 7.92. The van der Waals surface area contributed by atoms with Crippen LogP contribution in [0.15, 0.2) is 0 Å². The van der Waals surface area contributed by atoms with Gasteiger partial charge in [0.1, 0.15) is 6.04 Å². The molecule has 0 spiro atoms. The van der Waals surface area contributed by atoms with Crippen LogP contribution in [0, 0.1) is 5.92 Å². The average molecular weight is 329 g/mol. The van der Waals surface area contributed by atoms with E-state index in [9.17, 15) is 14.4 Å². The van der Waals surface area contributed by atoms with E-state index in [4.69, 9.17) is 5.11 Å². The van der Waals surface area contributed by atoms with Gasteiger partial charge < -0.3 is 20.5 Å². The lowest BCUT2D eigenvalue weighted by atomic mass is 10.0. The summed E-state index contributed by atoms with van der Waals surface area (Å²) in [6.45, 7) is 4.98. The normalized spacial score (nSPS) is 18.8. The molecular formula is C15H27N3O5. The zero-order valence-electron chi connectivity index (χ0n) is 14.0. The van der Waals surface area contributed by atoms with E-state index in [2.05, 4.69) is 15.4 Å². The van der Waals surface area contributed by atoms with E-state index in [1.165, 1.54) is 12.0 Å². The van der Waals surface area contributed by atoms with Crippen LogP contribution < -0.4 is 10.6 Å². The molecule has 1 rings (SSSR count). The number of likely N-dealkylation sites (tertiary alicyclic amines) is 1. The summed E-state index contributed by atoms with van der Waals surface area (Å²) in [5.74, 6) is -0.276. The molecule has 1 aliphatic rings. The number of hydrogen-bond acceptors (Lipinski definition) is 5. The maximum atomic E-state index is 12.4. The Kier molecular flexibility index (Phi) is 7.80. The topological polar surface area (TPSA) is 108 Å². The molecule has 1 aliphatic heterocycles. The van der Waals surface area contributed by atoms with Gasteiger partial charge in [-0.25, -0.2) is 4.79 Å². The number of carboxylic acid groups (broad SMARTS) is 1. The molecule has 0 aliphatic carbocycles. The van der Waals surface area contributed by atoms with Gasteiger partial charge in [0.25, 0.3) is 0 Å². The number of amides is 2. The van der Waals surface area contributed by atoms with E-state index in [0.29, 0.717) is 31.8 Å². The van der Waals surface area contributed by atoms with Gasteiger partial charge in [-0.3, -0.25) is 14.5 Å². The maximum Gasteiger partial charge on any atom is 0.407 e. The smallest absolute Gasteiger partial charge is 0.407 e. The van der Waals surface area contributed by atoms with Crippen LogP contribution in [0.5, 0.6) is 0 Å². The van der Waals surface area contributed by atoms with Crippen LogP contribution >= 0.6 is 0 Å². The summed E-state index contributed by atoms with van der Waals surface area (Å²) in [5, 5.41) is 15.0. The van der Waals surface area contributed by atoms with Crippen molar-refractivity contribution in [3.8, 4) is 0 Å². The highest BCUT2D eigenvalue weighted by molar-refractivity contribution is 5.86. The van der Waals surface area contributed by atoms with Crippen molar-refractivity contribution >= 4 is 18.0 Å². The van der Waals surface area contributed by atoms with Crippen molar-refractivity contribution in [3.05, 3.63) is 0 Å². The second-order valence-corrected chi connectivity index (χ2v) is 6.18. The van der Waals surface area contributed by atoms with Crippen molar-refractivity contribution in [2.45, 2.75) is 45.2 Å². The monoisotopic (exact) mass is 329 g/mol. The minimum absolute atomic E-state index is 0.0750. The molecule has 0 aromatic carbocycles. The molecule has 2 amide bonds. The number of nitrogens with zero attached hydrogens (tertiary/aromatic N) is 1. The second kappa shape index (κ2) is 9.34. The number of esters is 1. The van der Waals surface area contributed by atoms with Gasteiger partial charge in [0.2, 0.25) is 5.91 Å². The standard InChI is InChI=1S/C15H27N3O5/c1-10(2)7-11(8-16-9-13(19)23-3)17-14(20)12-5-4-6-18(12)15(21)22/h10-12,16H,4-9H2,1-3H3,(H,17,20)(H,21,22)/t11-,12+/m0/s1. The Balaban J connectivity index is 2.56. The van der Waals surface area contributed by atoms with E-state index in [1.807, 2.05) is 13.8 Å². The van der Waals surface area contributed by atoms with Crippen LogP contribution in [0.3, 0.4) is 0 Å². The molecule has 23 heavy (non-hydrogen) atoms. The molecule has 0 aromatic rings. The fourth-order valence-electron chi connectivity index (χ4n) is 2.75. The molecule has 0 bridgehead atoms. The molecule has 8 heteroatoms. The van der Waals surface area contributed by atoms with Crippen molar-refractivity contribution < 1.29 is 24.2 Å². The molecule has 0 unspecified atom stereocenters. The van der Waals surface area contributed by atoms with Crippen molar-refractivity contribution in [2.75, 3.05) is 26.7 Å². The zero-order valence-corrected chi connectivity index (χ0v) is 14.0. The van der Waals surface area contributed by atoms with E-state index in [-0.39, 0.29) is 24.5 Å². The van der Waals surface area contributed by atoms with E-state index >= 15 is 0 Å². The lowest BCUT2D eigenvalue weighted by molar-refractivity contribution is -0.139. The number of rotatable bonds is 8. The summed E-state index contributed by atoms with van der Waals surface area (Å²) < 4.78 is 4.56. The molecule has 0 aromatic heterocycles. The van der Waals surface area contributed by atoms with Crippen LogP contribution in [-0.4, -0.2) is 66.8 Å². The first-order chi connectivity index (χ1) is 10.8. The molecule has 1 fully saturated rings. The molecule has 8 nitrogen and oxygen atoms in total. The minimum atomic E-state index is -1.06. The third-order valence-corrected chi connectivity index (χ3v) is 3.79. The van der Waals surface area contributed by atoms with E-state index in [0.717, 1.165) is 6.42 Å². The average Bonchev–Trinajstić information content (AvgIpc) is 2.95. The highest BCUT2D eigenvalue weighted by Crippen LogP contribution is 2.18. The van der Waals surface area contributed by atoms with Crippen LogP contribution in [-0.2, 0) is 14.3 Å². The fraction of sp³-hybridized carbons (Fsp3) is 0.800. The Labute approximate surface area is 136 Å². The number of methoxy groups -OCH3 is 1. The number of carbonyl (C=O) groups excluding carboxylic acids is 2. The molecular weight excluding hydrogens is 302 g/mol. The molecule has 1 saturated heterocycles. The Morgan fingerprint density at radius 3 is 2.61 bits per heavy atom. The summed E-state index contributed by atoms with van der Waals surface area (Å²) in [4.78, 5) is 35.8. The summed E-state index contributed by atoms with van der Waals surface area (Å²) in [5.41, 5.74) is 0. The maximum absolute atomic E-state index is 12.4. The van der Waals surface area contributed by atoms with Gasteiger partial charge in [0.15, 0.2) is 0 Å². The molecule has 3 N–H and O–H groups in total. The highest BCUT2D eigenvalue weighted by Gasteiger charge is 2.34. The molecule has 0 saturated carbocycles. The van der Waals surface area contributed by atoms with Crippen molar-refractivity contribution in [3.63, 3.8) is 0 Å². The van der Waals surface area contributed by atoms with Gasteiger partial charge >= 0.3 is 12.1 Å². The number of hydrogen-bond donors (Lipinski definition) is 3. The Morgan fingerprint density at radius 2 is 2.04 bits per heavy atom. The summed E-state index contributed by atoms with van der Waals surface area (Å²) >= 11 is 0. The number of nitrogens with one attached hydrogen (secondary N) is 2. The molecule has 132 valence electrons. The molecule has 1 heterocycles. The lowest BCUT2D eigenvalue weighted by Crippen LogP contribution is -2.51. The van der Waals surface area contributed by atoms with E-state index < -0.39 is 12.1 Å². The van der Waals surface area contributed by atoms with Crippen LogP contribution in [0.25, 0.3) is 0 Å². The first-order valence-corrected chi connectivity index (χ1v) is 7.92. The molecule has 0 radical (unpaired) electrons. The zero-order chi connectivity index (χ0) is 17.4. The SMILES string of the molecule is COC(=O)CNC[C@H](CC(C)C)NC(=O)[C@H]1CCCN1C(=O)O. The summed E-state index contributed by atoms with van der Waals surface area (Å²) in [7, 11) is 1.32. The minimum Gasteiger partial charge on any atom is -0.468 e. The Bertz CT molecular complexity index is 427. The summed E-state index contributed by atoms with van der Waals surface area (Å²) in [6.07, 6.45) is 0.911. The lowest BCUT2D eigenvalue weighted by Gasteiger charge is -2.26. The summed E-state index contributed by atoms with van der Waals surface area (Å²) in [6, 6.07) is -0.786. The quantitative estimate of drug-likeness (QED) is 0.557. The van der Waals surface area contributed by atoms with Crippen LogP contribution in [0.2, 0.25) is 0 Å². The third-order valence-electron chi connectivity index (χ3n) is 3.79. The number of ether oxygens (including phenoxy) is 1. The predicted octanol–water partition coefficient (Wildman–Crippen LogP) is 0.422. The van der Waals surface area contributed by atoms with Gasteiger partial charge in [-0.2, -0.15) is 0 Å². The largest absolute Gasteiger partial charge is 0.468 e. The predicted molar refractivity (Wildman–Crippen MR) is 84.0 cm³/mol. The van der Waals surface area contributed by atoms with Crippen LogP contribution in [0.4, 0.5) is 4.79 Å². The van der Waals surface area contributed by atoms with Crippen molar-refractivity contribution in [1.82, 2.24) is 15.5 Å². The first kappa shape index (κ1) is 19.2.